The van der Waals surface area contributed by atoms with Crippen molar-refractivity contribution in [2.75, 3.05) is 6.61 Å². The lowest BCUT2D eigenvalue weighted by Gasteiger charge is -2.54. The Hall–Kier alpha value is -2.81. The lowest BCUT2D eigenvalue weighted by Crippen LogP contribution is -2.57. The van der Waals surface area contributed by atoms with Crippen LogP contribution in [0.2, 0.25) is 0 Å². The molecule has 1 atom stereocenters. The summed E-state index contributed by atoms with van der Waals surface area (Å²) in [5.74, 6) is 1.74. The van der Waals surface area contributed by atoms with E-state index in [-0.39, 0.29) is 0 Å². The summed E-state index contributed by atoms with van der Waals surface area (Å²) in [5.41, 5.74) is 7.77. The zero-order chi connectivity index (χ0) is 21.4. The first kappa shape index (κ1) is 20.1. The van der Waals surface area contributed by atoms with Crippen molar-refractivity contribution in [3.63, 3.8) is 0 Å². The highest BCUT2D eigenvalue weighted by molar-refractivity contribution is 7.15. The molecule has 2 aromatic carbocycles. The van der Waals surface area contributed by atoms with E-state index in [1.165, 1.54) is 28.8 Å². The topological polar surface area (TPSA) is 25.4 Å². The average molecular weight is 429 g/mol. The zero-order valence-corrected chi connectivity index (χ0v) is 19.0. The first-order chi connectivity index (χ1) is 15.1. The van der Waals surface area contributed by atoms with Gasteiger partial charge in [-0.25, -0.2) is 4.98 Å². The van der Waals surface area contributed by atoms with Crippen LogP contribution in [0.4, 0.5) is 0 Å². The fraction of sp³-hybridized carbons (Fsp3) is 0.333. The lowest BCUT2D eigenvalue weighted by molar-refractivity contribution is -0.00647. The highest BCUT2D eigenvalue weighted by Gasteiger charge is 2.46. The molecule has 2 aliphatic heterocycles. The number of hydrogen-bond acceptors (Lipinski definition) is 4. The van der Waals surface area contributed by atoms with Gasteiger partial charge in [-0.05, 0) is 56.7 Å². The Labute approximate surface area is 188 Å². The van der Waals surface area contributed by atoms with Crippen molar-refractivity contribution in [1.29, 1.82) is 0 Å². The van der Waals surface area contributed by atoms with Crippen LogP contribution in [0, 0.1) is 19.8 Å². The smallest absolute Gasteiger partial charge is 0.119 e. The molecule has 0 spiro atoms. The van der Waals surface area contributed by atoms with E-state index in [1.54, 1.807) is 11.3 Å². The molecule has 0 amide bonds. The van der Waals surface area contributed by atoms with E-state index >= 15 is 0 Å². The van der Waals surface area contributed by atoms with Crippen LogP contribution < -0.4 is 4.74 Å². The molecule has 1 saturated carbocycles. The van der Waals surface area contributed by atoms with Gasteiger partial charge in [0, 0.05) is 6.04 Å². The fourth-order valence-electron chi connectivity index (χ4n) is 4.93. The van der Waals surface area contributed by atoms with Crippen molar-refractivity contribution in [3.05, 3.63) is 83.2 Å². The molecule has 3 fully saturated rings. The van der Waals surface area contributed by atoms with Gasteiger partial charge >= 0.3 is 0 Å². The number of aryl methyl sites for hydroxylation is 2. The van der Waals surface area contributed by atoms with Crippen LogP contribution in [0.3, 0.4) is 0 Å². The molecule has 3 aliphatic rings. The van der Waals surface area contributed by atoms with Gasteiger partial charge in [0.1, 0.15) is 23.7 Å². The second kappa shape index (κ2) is 8.37. The first-order valence-electron chi connectivity index (χ1n) is 11.0. The van der Waals surface area contributed by atoms with Gasteiger partial charge in [-0.2, -0.15) is 0 Å². The Morgan fingerprint density at radius 3 is 2.55 bits per heavy atom. The van der Waals surface area contributed by atoms with Gasteiger partial charge in [0.2, 0.25) is 0 Å². The number of hydrogen-bond donors (Lipinski definition) is 0. The number of rotatable bonds is 6. The highest BCUT2D eigenvalue weighted by atomic mass is 32.1. The second-order valence-electron chi connectivity index (χ2n) is 8.71. The van der Waals surface area contributed by atoms with E-state index in [9.17, 15) is 0 Å². The Morgan fingerprint density at radius 1 is 1.10 bits per heavy atom. The van der Waals surface area contributed by atoms with Gasteiger partial charge in [-0.15, -0.1) is 17.1 Å². The number of fused-ring (bicyclic) bond motifs is 2. The Morgan fingerprint density at radius 2 is 1.84 bits per heavy atom. The van der Waals surface area contributed by atoms with Gasteiger partial charge in [-0.3, -0.25) is 0 Å². The summed E-state index contributed by atoms with van der Waals surface area (Å²) in [4.78, 5) is 8.66. The summed E-state index contributed by atoms with van der Waals surface area (Å²) in [7, 11) is 0. The minimum atomic E-state index is 0.314. The average Bonchev–Trinajstić information content (AvgIpc) is 3.15. The molecule has 6 rings (SSSR count). The fourth-order valence-corrected chi connectivity index (χ4v) is 5.85. The Balaban J connectivity index is 1.45. The number of benzene rings is 2. The molecule has 3 nitrogen and oxygen atoms in total. The van der Waals surface area contributed by atoms with Crippen molar-refractivity contribution in [2.45, 2.75) is 45.2 Å². The molecule has 3 aromatic rings. The number of nitrogens with zero attached hydrogens (tertiary/aromatic N) is 2. The lowest BCUT2D eigenvalue weighted by atomic mass is 9.70. The van der Waals surface area contributed by atoms with E-state index in [0.29, 0.717) is 18.7 Å². The molecule has 1 aromatic heterocycles. The van der Waals surface area contributed by atoms with Crippen LogP contribution in [0.5, 0.6) is 5.75 Å². The normalized spacial score (nSPS) is 21.9. The summed E-state index contributed by atoms with van der Waals surface area (Å²) in [6.07, 6.45) is 3.64. The molecular formula is C27H28N2OS. The van der Waals surface area contributed by atoms with Crippen LogP contribution in [0.1, 0.15) is 35.5 Å². The minimum absolute atomic E-state index is 0.314. The molecule has 1 unspecified atom stereocenters. The number of thiazole rings is 1. The standard InChI is InChI=1S/C27H28N2OS/c1-4-25(26-27(31-19(3)28-26)21-8-6-5-7-9-21)29-22-14-20(15-22)16-23(29)17-30-24-12-10-18(2)11-13-24/h5-13,20,22-23H,1,14-17H2,2-3H3. The van der Waals surface area contributed by atoms with E-state index in [0.717, 1.165) is 34.5 Å². The summed E-state index contributed by atoms with van der Waals surface area (Å²) < 4.78 is 6.23. The van der Waals surface area contributed by atoms with E-state index in [1.807, 2.05) is 0 Å². The molecule has 31 heavy (non-hydrogen) atoms. The molecule has 2 bridgehead atoms. The maximum atomic E-state index is 6.23. The monoisotopic (exact) mass is 428 g/mol. The SMILES string of the molecule is C=C=C(c1nc(C)sc1-c1ccccc1)N1C(COc2ccc(C)cc2)CC2CC1C2. The van der Waals surface area contributed by atoms with Crippen LogP contribution >= 0.6 is 11.3 Å². The van der Waals surface area contributed by atoms with Gasteiger partial charge in [0.15, 0.2) is 0 Å². The highest BCUT2D eigenvalue weighted by Crippen LogP contribution is 2.47. The maximum Gasteiger partial charge on any atom is 0.119 e. The molecule has 3 heterocycles. The van der Waals surface area contributed by atoms with Crippen molar-refractivity contribution in [3.8, 4) is 16.2 Å². The minimum Gasteiger partial charge on any atom is -0.491 e. The van der Waals surface area contributed by atoms with Gasteiger partial charge in [-0.1, -0.05) is 54.6 Å². The Bertz CT molecular complexity index is 1110. The van der Waals surface area contributed by atoms with E-state index in [4.69, 9.17) is 9.72 Å². The molecule has 2 saturated heterocycles. The zero-order valence-electron chi connectivity index (χ0n) is 18.2. The second-order valence-corrected chi connectivity index (χ2v) is 9.92. The summed E-state index contributed by atoms with van der Waals surface area (Å²) >= 11 is 1.74. The van der Waals surface area contributed by atoms with Gasteiger partial charge in [0.05, 0.1) is 15.9 Å². The summed E-state index contributed by atoms with van der Waals surface area (Å²) in [5, 5.41) is 1.07. The molecule has 158 valence electrons. The van der Waals surface area contributed by atoms with Gasteiger partial charge in [0.25, 0.3) is 0 Å². The predicted molar refractivity (Wildman–Crippen MR) is 128 cm³/mol. The van der Waals surface area contributed by atoms with Crippen molar-refractivity contribution >= 4 is 17.0 Å². The predicted octanol–water partition coefficient (Wildman–Crippen LogP) is 6.48. The number of piperidine rings is 2. The van der Waals surface area contributed by atoms with Crippen molar-refractivity contribution < 1.29 is 4.74 Å². The first-order valence-corrected chi connectivity index (χ1v) is 11.8. The largest absolute Gasteiger partial charge is 0.491 e. The third kappa shape index (κ3) is 3.94. The third-order valence-corrected chi connectivity index (χ3v) is 7.51. The van der Waals surface area contributed by atoms with Gasteiger partial charge < -0.3 is 9.64 Å². The van der Waals surface area contributed by atoms with E-state index < -0.39 is 0 Å². The van der Waals surface area contributed by atoms with Crippen molar-refractivity contribution in [1.82, 2.24) is 9.88 Å². The molecular weight excluding hydrogens is 400 g/mol. The molecule has 1 aliphatic carbocycles. The van der Waals surface area contributed by atoms with E-state index in [2.05, 4.69) is 85.7 Å². The number of aromatic nitrogens is 1. The van der Waals surface area contributed by atoms with Crippen molar-refractivity contribution in [2.24, 2.45) is 5.92 Å². The molecule has 4 heteroatoms. The van der Waals surface area contributed by atoms with Crippen LogP contribution in [-0.4, -0.2) is 28.6 Å². The molecule has 0 N–H and O–H groups in total. The third-order valence-electron chi connectivity index (χ3n) is 6.49. The van der Waals surface area contributed by atoms with Crippen LogP contribution in [0.25, 0.3) is 16.1 Å². The number of ether oxygens (including phenoxy) is 1. The summed E-state index contributed by atoms with van der Waals surface area (Å²) in [6, 6.07) is 19.7. The quantitative estimate of drug-likeness (QED) is 0.420. The van der Waals surface area contributed by atoms with Crippen LogP contribution in [-0.2, 0) is 0 Å². The summed E-state index contributed by atoms with van der Waals surface area (Å²) in [6.45, 7) is 8.94. The Kier molecular flexibility index (Phi) is 5.43. The van der Waals surface area contributed by atoms with Crippen LogP contribution in [0.15, 0.2) is 66.9 Å². The molecule has 0 radical (unpaired) electrons. The maximum absolute atomic E-state index is 6.23.